The third kappa shape index (κ3) is 2.68. The second-order valence-corrected chi connectivity index (χ2v) is 6.00. The average molecular weight is 351 g/mol. The van der Waals surface area contributed by atoms with Crippen LogP contribution in [-0.2, 0) is 9.53 Å². The van der Waals surface area contributed by atoms with Crippen molar-refractivity contribution < 1.29 is 14.3 Å². The van der Waals surface area contributed by atoms with E-state index in [9.17, 15) is 9.59 Å². The van der Waals surface area contributed by atoms with Crippen molar-refractivity contribution in [3.05, 3.63) is 33.9 Å². The molecule has 1 fully saturated rings. The van der Waals surface area contributed by atoms with Gasteiger partial charge in [0, 0.05) is 21.9 Å². The zero-order chi connectivity index (χ0) is 15.0. The summed E-state index contributed by atoms with van der Waals surface area (Å²) in [5, 5.41) is 3.66. The van der Waals surface area contributed by atoms with E-state index >= 15 is 0 Å². The number of benzene rings is 1. The Morgan fingerprint density at radius 2 is 2.24 bits per heavy atom. The number of aromatic nitrogens is 1. The first-order chi connectivity index (χ1) is 10.1. The Morgan fingerprint density at radius 3 is 3.00 bits per heavy atom. The molecule has 1 unspecified atom stereocenters. The summed E-state index contributed by atoms with van der Waals surface area (Å²) in [6.07, 6.45) is 0.704. The van der Waals surface area contributed by atoms with Crippen molar-refractivity contribution in [3.63, 3.8) is 0 Å². The number of nitrogens with one attached hydrogen (secondary N) is 2. The molecule has 5 nitrogen and oxygen atoms in total. The molecular formula is C15H15BrN2O3. The van der Waals surface area contributed by atoms with Gasteiger partial charge in [-0.25, -0.2) is 4.79 Å². The van der Waals surface area contributed by atoms with E-state index in [2.05, 4.69) is 26.2 Å². The molecule has 1 aliphatic rings. The molecular weight excluding hydrogens is 336 g/mol. The molecule has 1 saturated heterocycles. The van der Waals surface area contributed by atoms with Crippen LogP contribution >= 0.6 is 15.9 Å². The lowest BCUT2D eigenvalue weighted by molar-refractivity contribution is -0.132. The highest BCUT2D eigenvalue weighted by atomic mass is 79.9. The van der Waals surface area contributed by atoms with Crippen LogP contribution in [0.3, 0.4) is 0 Å². The zero-order valence-corrected chi connectivity index (χ0v) is 13.1. The molecule has 0 radical (unpaired) electrons. The number of carbonyl (C=O) groups is 2. The van der Waals surface area contributed by atoms with Gasteiger partial charge in [-0.2, -0.15) is 0 Å². The number of esters is 1. The van der Waals surface area contributed by atoms with Gasteiger partial charge in [-0.15, -0.1) is 0 Å². The Bertz CT molecular complexity index is 723. The number of amides is 1. The van der Waals surface area contributed by atoms with E-state index in [1.807, 2.05) is 19.1 Å². The monoisotopic (exact) mass is 350 g/mol. The summed E-state index contributed by atoms with van der Waals surface area (Å²) in [6.45, 7) is 2.62. The van der Waals surface area contributed by atoms with E-state index in [1.54, 1.807) is 6.07 Å². The van der Waals surface area contributed by atoms with Crippen molar-refractivity contribution in [1.29, 1.82) is 0 Å². The molecule has 0 bridgehead atoms. The lowest BCUT2D eigenvalue weighted by Crippen LogP contribution is -2.42. The van der Waals surface area contributed by atoms with Crippen LogP contribution in [0.25, 0.3) is 10.9 Å². The number of aryl methyl sites for hydroxylation is 1. The second kappa shape index (κ2) is 5.52. The molecule has 2 heterocycles. The first-order valence-electron chi connectivity index (χ1n) is 6.83. The van der Waals surface area contributed by atoms with E-state index in [0.717, 1.165) is 27.4 Å². The summed E-state index contributed by atoms with van der Waals surface area (Å²) in [4.78, 5) is 26.8. The standard InChI is InChI=1S/C15H15BrN2O3/c1-8-9-7-12(18-11(9)5-4-10(8)16)15(20)21-13-3-2-6-17-14(13)19/h4-5,7,13,18H,2-3,6H2,1H3,(H,17,19). The predicted molar refractivity (Wildman–Crippen MR) is 82.2 cm³/mol. The van der Waals surface area contributed by atoms with Crippen LogP contribution in [0.4, 0.5) is 0 Å². The Hall–Kier alpha value is -1.82. The fraction of sp³-hybridized carbons (Fsp3) is 0.333. The fourth-order valence-electron chi connectivity index (χ4n) is 2.48. The number of hydrogen-bond donors (Lipinski definition) is 2. The van der Waals surface area contributed by atoms with E-state index in [1.165, 1.54) is 0 Å². The Labute approximate surface area is 130 Å². The topological polar surface area (TPSA) is 71.2 Å². The SMILES string of the molecule is Cc1c(Br)ccc2[nH]c(C(=O)OC3CCCNC3=O)cc12. The molecule has 1 aliphatic heterocycles. The average Bonchev–Trinajstić information content (AvgIpc) is 2.90. The predicted octanol–water partition coefficient (Wildman–Crippen LogP) is 2.67. The van der Waals surface area contributed by atoms with Crippen molar-refractivity contribution >= 4 is 38.7 Å². The number of halogens is 1. The smallest absolute Gasteiger partial charge is 0.355 e. The number of carbonyl (C=O) groups excluding carboxylic acids is 2. The molecule has 2 aromatic rings. The maximum atomic E-state index is 12.2. The van der Waals surface area contributed by atoms with Crippen molar-refractivity contribution in [1.82, 2.24) is 10.3 Å². The largest absolute Gasteiger partial charge is 0.448 e. The van der Waals surface area contributed by atoms with Crippen molar-refractivity contribution in [2.75, 3.05) is 6.54 Å². The van der Waals surface area contributed by atoms with Gasteiger partial charge in [0.25, 0.3) is 5.91 Å². The van der Waals surface area contributed by atoms with Crippen LogP contribution in [-0.4, -0.2) is 29.5 Å². The van der Waals surface area contributed by atoms with Gasteiger partial charge in [-0.3, -0.25) is 4.79 Å². The number of aromatic amines is 1. The highest BCUT2D eigenvalue weighted by Gasteiger charge is 2.26. The zero-order valence-electron chi connectivity index (χ0n) is 11.5. The van der Waals surface area contributed by atoms with Crippen LogP contribution in [0.5, 0.6) is 0 Å². The summed E-state index contributed by atoms with van der Waals surface area (Å²) in [5.74, 6) is -0.714. The highest BCUT2D eigenvalue weighted by molar-refractivity contribution is 9.10. The molecule has 21 heavy (non-hydrogen) atoms. The van der Waals surface area contributed by atoms with Crippen LogP contribution in [0.2, 0.25) is 0 Å². The van der Waals surface area contributed by atoms with E-state index in [-0.39, 0.29) is 5.91 Å². The summed E-state index contributed by atoms with van der Waals surface area (Å²) in [7, 11) is 0. The number of hydrogen-bond acceptors (Lipinski definition) is 3. The van der Waals surface area contributed by atoms with Crippen LogP contribution in [0.15, 0.2) is 22.7 Å². The molecule has 3 rings (SSSR count). The summed E-state index contributed by atoms with van der Waals surface area (Å²) < 4.78 is 6.28. The summed E-state index contributed by atoms with van der Waals surface area (Å²) in [5.41, 5.74) is 2.29. The highest BCUT2D eigenvalue weighted by Crippen LogP contribution is 2.26. The Balaban J connectivity index is 1.84. The van der Waals surface area contributed by atoms with Gasteiger partial charge in [0.15, 0.2) is 6.10 Å². The normalized spacial score (nSPS) is 18.6. The molecule has 0 spiro atoms. The van der Waals surface area contributed by atoms with Crippen LogP contribution < -0.4 is 5.32 Å². The quantitative estimate of drug-likeness (QED) is 0.818. The number of H-pyrrole nitrogens is 1. The van der Waals surface area contributed by atoms with Gasteiger partial charge in [-0.1, -0.05) is 15.9 Å². The molecule has 0 saturated carbocycles. The molecule has 110 valence electrons. The first-order valence-corrected chi connectivity index (χ1v) is 7.62. The lowest BCUT2D eigenvalue weighted by Gasteiger charge is -2.21. The van der Waals surface area contributed by atoms with Crippen molar-refractivity contribution in [3.8, 4) is 0 Å². The fourth-order valence-corrected chi connectivity index (χ4v) is 2.83. The number of piperidine rings is 1. The van der Waals surface area contributed by atoms with Crippen molar-refractivity contribution in [2.45, 2.75) is 25.9 Å². The van der Waals surface area contributed by atoms with Crippen LogP contribution in [0.1, 0.15) is 28.9 Å². The maximum absolute atomic E-state index is 12.2. The third-order valence-electron chi connectivity index (χ3n) is 3.71. The van der Waals surface area contributed by atoms with Crippen molar-refractivity contribution in [2.24, 2.45) is 0 Å². The molecule has 6 heteroatoms. The van der Waals surface area contributed by atoms with E-state index < -0.39 is 12.1 Å². The summed E-state index contributed by atoms with van der Waals surface area (Å²) >= 11 is 3.47. The molecule has 1 atom stereocenters. The minimum Gasteiger partial charge on any atom is -0.448 e. The van der Waals surface area contributed by atoms with Crippen LogP contribution in [0, 0.1) is 6.92 Å². The molecule has 1 aromatic carbocycles. The van der Waals surface area contributed by atoms with Gasteiger partial charge in [0.05, 0.1) is 0 Å². The Morgan fingerprint density at radius 1 is 1.43 bits per heavy atom. The molecule has 2 N–H and O–H groups in total. The minimum atomic E-state index is -0.689. The number of fused-ring (bicyclic) bond motifs is 1. The van der Waals surface area contributed by atoms with Gasteiger partial charge in [-0.05, 0) is 43.5 Å². The third-order valence-corrected chi connectivity index (χ3v) is 4.57. The molecule has 1 aromatic heterocycles. The summed E-state index contributed by atoms with van der Waals surface area (Å²) in [6, 6.07) is 5.59. The van der Waals surface area contributed by atoms with E-state index in [0.29, 0.717) is 18.7 Å². The minimum absolute atomic E-state index is 0.218. The van der Waals surface area contributed by atoms with Gasteiger partial charge < -0.3 is 15.0 Å². The second-order valence-electron chi connectivity index (χ2n) is 5.14. The number of ether oxygens (including phenoxy) is 1. The van der Waals surface area contributed by atoms with Gasteiger partial charge >= 0.3 is 5.97 Å². The molecule has 1 amide bonds. The first kappa shape index (κ1) is 14.1. The molecule has 0 aliphatic carbocycles. The Kier molecular flexibility index (Phi) is 3.71. The maximum Gasteiger partial charge on any atom is 0.355 e. The van der Waals surface area contributed by atoms with E-state index in [4.69, 9.17) is 4.74 Å². The van der Waals surface area contributed by atoms with Gasteiger partial charge in [0.1, 0.15) is 5.69 Å². The van der Waals surface area contributed by atoms with Gasteiger partial charge in [0.2, 0.25) is 0 Å². The number of rotatable bonds is 2. The lowest BCUT2D eigenvalue weighted by atomic mass is 10.1.